The molecule has 1 amide bonds. The summed E-state index contributed by atoms with van der Waals surface area (Å²) in [5, 5.41) is 8.98. The number of carbonyl (C=O) groups is 1. The molecule has 0 spiro atoms. The second kappa shape index (κ2) is 9.05. The van der Waals surface area contributed by atoms with Crippen molar-refractivity contribution in [1.82, 2.24) is 9.80 Å². The minimum absolute atomic E-state index is 0.0949. The minimum Gasteiger partial charge on any atom is -0.490 e. The summed E-state index contributed by atoms with van der Waals surface area (Å²) in [7, 11) is 0. The van der Waals surface area contributed by atoms with Crippen molar-refractivity contribution in [2.75, 3.05) is 32.7 Å². The molecule has 142 valence electrons. The zero-order valence-corrected chi connectivity index (χ0v) is 15.2. The van der Waals surface area contributed by atoms with Gasteiger partial charge in [0, 0.05) is 38.5 Å². The average molecular weight is 359 g/mol. The van der Waals surface area contributed by atoms with Gasteiger partial charge in [-0.25, -0.2) is 4.79 Å². The number of hydrogen-bond donors (Lipinski definition) is 2. The van der Waals surface area contributed by atoms with Crippen molar-refractivity contribution in [3.05, 3.63) is 35.9 Å². The Morgan fingerprint density at radius 3 is 2.38 bits per heavy atom. The van der Waals surface area contributed by atoms with Gasteiger partial charge < -0.3 is 20.5 Å². The monoisotopic (exact) mass is 359 g/mol. The predicted octanol–water partition coefficient (Wildman–Crippen LogP) is 2.64. The number of hydrogen-bond acceptors (Lipinski definition) is 4. The van der Waals surface area contributed by atoms with Gasteiger partial charge in [-0.1, -0.05) is 24.3 Å². The normalized spacial score (nSPS) is 20.6. The van der Waals surface area contributed by atoms with Crippen molar-refractivity contribution >= 4 is 12.2 Å². The van der Waals surface area contributed by atoms with Gasteiger partial charge in [-0.2, -0.15) is 0 Å². The first-order valence-electron chi connectivity index (χ1n) is 9.49. The van der Waals surface area contributed by atoms with Crippen molar-refractivity contribution in [2.45, 2.75) is 37.8 Å². The lowest BCUT2D eigenvalue weighted by Crippen LogP contribution is -2.41. The van der Waals surface area contributed by atoms with Crippen molar-refractivity contribution in [3.63, 3.8) is 0 Å². The van der Waals surface area contributed by atoms with Gasteiger partial charge >= 0.3 is 6.09 Å². The molecule has 1 aromatic carbocycles. The zero-order valence-electron chi connectivity index (χ0n) is 15.2. The van der Waals surface area contributed by atoms with Crippen LogP contribution >= 0.6 is 0 Å². The number of nitrogens with two attached hydrogens (primary N) is 1. The van der Waals surface area contributed by atoms with Crippen LogP contribution in [0.25, 0.3) is 6.08 Å². The van der Waals surface area contributed by atoms with Gasteiger partial charge in [-0.3, -0.25) is 4.90 Å². The maximum absolute atomic E-state index is 10.9. The molecule has 2 heterocycles. The third-order valence-corrected chi connectivity index (χ3v) is 5.20. The minimum atomic E-state index is -0.841. The summed E-state index contributed by atoms with van der Waals surface area (Å²) in [5.41, 5.74) is 7.09. The van der Waals surface area contributed by atoms with E-state index in [4.69, 9.17) is 15.6 Å². The first kappa shape index (κ1) is 18.7. The lowest BCUT2D eigenvalue weighted by molar-refractivity contribution is 0.0895. The number of nitrogens with zero attached hydrogens (tertiary/aromatic N) is 2. The molecule has 1 aromatic rings. The summed E-state index contributed by atoms with van der Waals surface area (Å²) < 4.78 is 5.98. The Bertz CT molecular complexity index is 601. The van der Waals surface area contributed by atoms with Crippen LogP contribution in [0.15, 0.2) is 30.3 Å². The van der Waals surface area contributed by atoms with Crippen LogP contribution in [0.5, 0.6) is 5.75 Å². The van der Waals surface area contributed by atoms with Crippen LogP contribution in [0.2, 0.25) is 0 Å². The van der Waals surface area contributed by atoms with Crippen molar-refractivity contribution in [2.24, 2.45) is 5.73 Å². The Kier molecular flexibility index (Phi) is 6.52. The van der Waals surface area contributed by atoms with E-state index in [1.54, 1.807) is 0 Å². The summed E-state index contributed by atoms with van der Waals surface area (Å²) in [6.45, 7) is 4.22. The fourth-order valence-electron chi connectivity index (χ4n) is 3.49. The fraction of sp³-hybridized carbons (Fsp3) is 0.550. The van der Waals surface area contributed by atoms with E-state index in [-0.39, 0.29) is 6.10 Å². The van der Waals surface area contributed by atoms with E-state index in [9.17, 15) is 4.79 Å². The van der Waals surface area contributed by atoms with Gasteiger partial charge in [-0.05, 0) is 43.6 Å². The first-order valence-corrected chi connectivity index (χ1v) is 9.49. The number of amides is 1. The Labute approximate surface area is 155 Å². The Balaban J connectivity index is 1.42. The first-order chi connectivity index (χ1) is 12.6. The number of likely N-dealkylation sites (tertiary alicyclic amines) is 2. The maximum atomic E-state index is 10.9. The van der Waals surface area contributed by atoms with Gasteiger partial charge in [0.05, 0.1) is 0 Å². The summed E-state index contributed by atoms with van der Waals surface area (Å²) in [6, 6.07) is 8.47. The molecule has 2 aliphatic rings. The molecule has 0 saturated carbocycles. The van der Waals surface area contributed by atoms with Gasteiger partial charge in [0.25, 0.3) is 0 Å². The molecule has 0 bridgehead atoms. The maximum Gasteiger partial charge on any atom is 0.407 e. The molecule has 0 aliphatic carbocycles. The van der Waals surface area contributed by atoms with E-state index in [0.29, 0.717) is 19.1 Å². The Morgan fingerprint density at radius 1 is 1.12 bits per heavy atom. The van der Waals surface area contributed by atoms with Gasteiger partial charge in [-0.15, -0.1) is 0 Å². The van der Waals surface area contributed by atoms with E-state index >= 15 is 0 Å². The lowest BCUT2D eigenvalue weighted by Gasteiger charge is -2.30. The highest BCUT2D eigenvalue weighted by atomic mass is 16.5. The largest absolute Gasteiger partial charge is 0.490 e. The standard InChI is InChI=1S/C20H29N3O3/c21-17-7-12-22(13-8-17)11-1-2-16-3-5-18(6-4-16)26-19-9-14-23(15-10-19)20(24)25/h1-6,17,19H,7-15,21H2,(H,24,25)/b2-1+. The highest BCUT2D eigenvalue weighted by Gasteiger charge is 2.23. The zero-order chi connectivity index (χ0) is 18.4. The molecule has 3 N–H and O–H groups in total. The topological polar surface area (TPSA) is 79.0 Å². The summed E-state index contributed by atoms with van der Waals surface area (Å²) in [5.74, 6) is 0.848. The predicted molar refractivity (Wildman–Crippen MR) is 102 cm³/mol. The van der Waals surface area contributed by atoms with E-state index < -0.39 is 6.09 Å². The van der Waals surface area contributed by atoms with E-state index in [1.165, 1.54) is 4.90 Å². The number of piperidine rings is 2. The van der Waals surface area contributed by atoms with E-state index in [0.717, 1.165) is 56.6 Å². The summed E-state index contributed by atoms with van der Waals surface area (Å²) in [4.78, 5) is 14.8. The lowest BCUT2D eigenvalue weighted by atomic mass is 10.1. The van der Waals surface area contributed by atoms with Crippen LogP contribution in [0.1, 0.15) is 31.2 Å². The molecule has 0 radical (unpaired) electrons. The van der Waals surface area contributed by atoms with E-state index in [2.05, 4.69) is 29.2 Å². The van der Waals surface area contributed by atoms with E-state index in [1.807, 2.05) is 12.1 Å². The molecular formula is C20H29N3O3. The Hall–Kier alpha value is -2.05. The van der Waals surface area contributed by atoms with Gasteiger partial charge in [0.15, 0.2) is 0 Å². The third kappa shape index (κ3) is 5.47. The van der Waals surface area contributed by atoms with Crippen LogP contribution in [0.3, 0.4) is 0 Å². The summed E-state index contributed by atoms with van der Waals surface area (Å²) in [6.07, 6.45) is 7.26. The highest BCUT2D eigenvalue weighted by Crippen LogP contribution is 2.20. The molecule has 3 rings (SSSR count). The van der Waals surface area contributed by atoms with Crippen molar-refractivity contribution in [1.29, 1.82) is 0 Å². The van der Waals surface area contributed by atoms with Crippen molar-refractivity contribution in [3.8, 4) is 5.75 Å². The second-order valence-corrected chi connectivity index (χ2v) is 7.20. The average Bonchev–Trinajstić information content (AvgIpc) is 2.65. The van der Waals surface area contributed by atoms with Crippen LogP contribution in [-0.4, -0.2) is 65.9 Å². The van der Waals surface area contributed by atoms with Crippen LogP contribution < -0.4 is 10.5 Å². The molecular weight excluding hydrogens is 330 g/mol. The van der Waals surface area contributed by atoms with Crippen LogP contribution in [-0.2, 0) is 0 Å². The third-order valence-electron chi connectivity index (χ3n) is 5.20. The Morgan fingerprint density at radius 2 is 1.77 bits per heavy atom. The molecule has 6 heteroatoms. The summed E-state index contributed by atoms with van der Waals surface area (Å²) >= 11 is 0. The molecule has 2 fully saturated rings. The molecule has 0 atom stereocenters. The van der Waals surface area contributed by atoms with Gasteiger partial charge in [0.2, 0.25) is 0 Å². The smallest absolute Gasteiger partial charge is 0.407 e. The van der Waals surface area contributed by atoms with Crippen LogP contribution in [0.4, 0.5) is 4.79 Å². The van der Waals surface area contributed by atoms with Crippen LogP contribution in [0, 0.1) is 0 Å². The second-order valence-electron chi connectivity index (χ2n) is 7.20. The fourth-order valence-corrected chi connectivity index (χ4v) is 3.49. The number of rotatable bonds is 5. The number of carboxylic acid groups (broad SMARTS) is 1. The van der Waals surface area contributed by atoms with Gasteiger partial charge in [0.1, 0.15) is 11.9 Å². The molecule has 0 aromatic heterocycles. The molecule has 0 unspecified atom stereocenters. The number of ether oxygens (including phenoxy) is 1. The molecule has 6 nitrogen and oxygen atoms in total. The quantitative estimate of drug-likeness (QED) is 0.845. The molecule has 2 saturated heterocycles. The molecule has 2 aliphatic heterocycles. The van der Waals surface area contributed by atoms with Crippen molar-refractivity contribution < 1.29 is 14.6 Å². The highest BCUT2D eigenvalue weighted by molar-refractivity contribution is 5.65. The number of benzene rings is 1. The SMILES string of the molecule is NC1CCN(C/C=C/c2ccc(OC3CCN(C(=O)O)CC3)cc2)CC1. The molecule has 26 heavy (non-hydrogen) atoms.